The van der Waals surface area contributed by atoms with Gasteiger partial charge in [0.1, 0.15) is 11.6 Å². The highest BCUT2D eigenvalue weighted by Gasteiger charge is 2.32. The molecule has 38 heavy (non-hydrogen) atoms. The maximum Gasteiger partial charge on any atom is 0.143 e. The molecule has 210 valence electrons. The van der Waals surface area contributed by atoms with Crippen LogP contribution in [0.5, 0.6) is 5.75 Å². The molecule has 2 heterocycles. The summed E-state index contributed by atoms with van der Waals surface area (Å²) in [7, 11) is 3.49. The first-order chi connectivity index (χ1) is 18.2. The predicted octanol–water partition coefficient (Wildman–Crippen LogP) is 9.04. The number of pyridine rings is 1. The van der Waals surface area contributed by atoms with Gasteiger partial charge in [-0.2, -0.15) is 0 Å². The quantitative estimate of drug-likeness (QED) is 0.301. The summed E-state index contributed by atoms with van der Waals surface area (Å²) in [6.07, 6.45) is 2.92. The Morgan fingerprint density at radius 2 is 1.58 bits per heavy atom. The molecule has 3 aromatic rings. The fraction of sp³-hybridized carbons (Fsp3) is 0.452. The molecule has 1 aromatic heterocycles. The summed E-state index contributed by atoms with van der Waals surface area (Å²) in [4.78, 5) is 6.48. The second kappa shape index (κ2) is 17.2. The van der Waals surface area contributed by atoms with Crippen molar-refractivity contribution in [1.29, 1.82) is 0 Å². The van der Waals surface area contributed by atoms with E-state index in [1.54, 1.807) is 19.4 Å². The van der Waals surface area contributed by atoms with Crippen molar-refractivity contribution in [2.75, 3.05) is 37.9 Å². The molecular formula is C31H46Cl2N4O. The Hall–Kier alpha value is -2.47. The van der Waals surface area contributed by atoms with Crippen molar-refractivity contribution in [2.45, 2.75) is 67.0 Å². The van der Waals surface area contributed by atoms with Crippen LogP contribution in [0.2, 0.25) is 10.0 Å². The number of anilines is 2. The van der Waals surface area contributed by atoms with Gasteiger partial charge < -0.3 is 15.4 Å². The topological polar surface area (TPSA) is 49.4 Å². The van der Waals surface area contributed by atoms with Crippen LogP contribution in [-0.2, 0) is 12.1 Å². The number of halogens is 2. The monoisotopic (exact) mass is 560 g/mol. The van der Waals surface area contributed by atoms with Crippen LogP contribution >= 0.6 is 23.2 Å². The van der Waals surface area contributed by atoms with Gasteiger partial charge in [-0.1, -0.05) is 75.2 Å². The average molecular weight is 562 g/mol. The maximum atomic E-state index is 6.11. The van der Waals surface area contributed by atoms with E-state index in [9.17, 15) is 0 Å². The highest BCUT2D eigenvalue weighted by atomic mass is 35.5. The second-order valence-corrected chi connectivity index (χ2v) is 9.73. The minimum Gasteiger partial charge on any atom is -0.495 e. The molecule has 0 bridgehead atoms. The Kier molecular flexibility index (Phi) is 15.2. The number of methoxy groups -OCH3 is 1. The number of nitrogens with zero attached hydrogens (tertiary/aromatic N) is 2. The zero-order valence-corrected chi connectivity index (χ0v) is 26.1. The Morgan fingerprint density at radius 1 is 0.947 bits per heavy atom. The summed E-state index contributed by atoms with van der Waals surface area (Å²) in [5.74, 6) is 1.61. The lowest BCUT2D eigenvalue weighted by Crippen LogP contribution is -2.49. The largest absolute Gasteiger partial charge is 0.495 e. The number of hydrogen-bond acceptors (Lipinski definition) is 5. The predicted molar refractivity (Wildman–Crippen MR) is 167 cm³/mol. The summed E-state index contributed by atoms with van der Waals surface area (Å²) in [6.45, 7) is 17.8. The first-order valence-electron chi connectivity index (χ1n) is 13.5. The van der Waals surface area contributed by atoms with Crippen LogP contribution in [0.4, 0.5) is 11.5 Å². The van der Waals surface area contributed by atoms with E-state index >= 15 is 0 Å². The SMILES string of the molecule is CC.CC.CNc1ccc(Cl)cn1.COc1cc(Cl)cc(C)c1NCc1ccc(C(C)(C)N2CCC2)cc1. The van der Waals surface area contributed by atoms with Crippen LogP contribution in [-0.4, -0.2) is 37.1 Å². The lowest BCUT2D eigenvalue weighted by molar-refractivity contribution is 0.0533. The normalized spacial score (nSPS) is 12.3. The van der Waals surface area contributed by atoms with Crippen molar-refractivity contribution in [3.8, 4) is 5.75 Å². The molecule has 0 amide bonds. The summed E-state index contributed by atoms with van der Waals surface area (Å²) in [5, 5.41) is 7.72. The van der Waals surface area contributed by atoms with Crippen LogP contribution in [0.1, 0.15) is 64.7 Å². The molecule has 0 unspecified atom stereocenters. The molecule has 1 saturated heterocycles. The first kappa shape index (κ1) is 33.6. The van der Waals surface area contributed by atoms with Gasteiger partial charge in [0.2, 0.25) is 0 Å². The van der Waals surface area contributed by atoms with Gasteiger partial charge in [0.05, 0.1) is 17.8 Å². The number of likely N-dealkylation sites (tertiary alicyclic amines) is 1. The van der Waals surface area contributed by atoms with Crippen LogP contribution in [0.3, 0.4) is 0 Å². The van der Waals surface area contributed by atoms with Gasteiger partial charge in [-0.3, -0.25) is 4.90 Å². The van der Waals surface area contributed by atoms with Crippen LogP contribution in [0, 0.1) is 6.92 Å². The summed E-state index contributed by atoms with van der Waals surface area (Å²) in [5.41, 5.74) is 4.81. The Bertz CT molecular complexity index is 1070. The van der Waals surface area contributed by atoms with Crippen LogP contribution in [0.25, 0.3) is 0 Å². The molecule has 7 heteroatoms. The minimum atomic E-state index is 0.111. The van der Waals surface area contributed by atoms with Gasteiger partial charge in [0.25, 0.3) is 0 Å². The molecule has 1 fully saturated rings. The number of nitrogens with one attached hydrogen (secondary N) is 2. The molecule has 0 radical (unpaired) electrons. The summed E-state index contributed by atoms with van der Waals surface area (Å²) in [6, 6.07) is 16.3. The highest BCUT2D eigenvalue weighted by Crippen LogP contribution is 2.33. The van der Waals surface area contributed by atoms with Crippen molar-refractivity contribution in [1.82, 2.24) is 9.88 Å². The number of benzene rings is 2. The third kappa shape index (κ3) is 9.68. The number of ether oxygens (including phenoxy) is 1. The average Bonchev–Trinajstić information content (AvgIpc) is 2.90. The molecule has 5 nitrogen and oxygen atoms in total. The van der Waals surface area contributed by atoms with E-state index in [0.717, 1.165) is 29.4 Å². The van der Waals surface area contributed by atoms with E-state index in [1.807, 2.05) is 59.9 Å². The summed E-state index contributed by atoms with van der Waals surface area (Å²) < 4.78 is 5.45. The van der Waals surface area contributed by atoms with Gasteiger partial charge in [-0.05, 0) is 62.1 Å². The fourth-order valence-corrected chi connectivity index (χ4v) is 4.28. The standard InChI is InChI=1S/C21H27ClN2O.C6H7ClN2.2C2H6/c1-15-12-18(22)13-19(25-4)20(15)23-14-16-6-8-17(9-7-16)21(2,3)24-10-5-11-24;1-8-6-3-2-5(7)4-9-6;2*1-2/h6-9,12-13,23H,5,10-11,14H2,1-4H3;2-4H,1H3,(H,8,9);2*1-2H3. The van der Waals surface area contributed by atoms with E-state index < -0.39 is 0 Å². The van der Waals surface area contributed by atoms with Gasteiger partial charge in [-0.15, -0.1) is 0 Å². The number of aromatic nitrogens is 1. The Labute approximate surface area is 240 Å². The van der Waals surface area contributed by atoms with Gasteiger partial charge in [-0.25, -0.2) is 4.98 Å². The zero-order valence-electron chi connectivity index (χ0n) is 24.6. The molecule has 0 spiro atoms. The van der Waals surface area contributed by atoms with E-state index in [-0.39, 0.29) is 5.54 Å². The van der Waals surface area contributed by atoms with Crippen molar-refractivity contribution in [2.24, 2.45) is 0 Å². The number of rotatable bonds is 7. The lowest BCUT2D eigenvalue weighted by atomic mass is 9.89. The van der Waals surface area contributed by atoms with E-state index in [1.165, 1.54) is 30.6 Å². The highest BCUT2D eigenvalue weighted by molar-refractivity contribution is 6.31. The van der Waals surface area contributed by atoms with Crippen molar-refractivity contribution in [3.05, 3.63) is 81.5 Å². The van der Waals surface area contributed by atoms with E-state index in [2.05, 4.69) is 58.6 Å². The Balaban J connectivity index is 0.000000464. The van der Waals surface area contributed by atoms with Crippen LogP contribution in [0.15, 0.2) is 54.7 Å². The maximum absolute atomic E-state index is 6.11. The molecule has 1 aliphatic heterocycles. The molecule has 0 aliphatic carbocycles. The molecular weight excluding hydrogens is 515 g/mol. The minimum absolute atomic E-state index is 0.111. The van der Waals surface area contributed by atoms with E-state index in [0.29, 0.717) is 10.0 Å². The molecule has 4 rings (SSSR count). The molecule has 1 aliphatic rings. The molecule has 2 N–H and O–H groups in total. The smallest absolute Gasteiger partial charge is 0.143 e. The van der Waals surface area contributed by atoms with Crippen molar-refractivity contribution >= 4 is 34.7 Å². The summed E-state index contributed by atoms with van der Waals surface area (Å²) >= 11 is 11.7. The van der Waals surface area contributed by atoms with E-state index in [4.69, 9.17) is 27.9 Å². The van der Waals surface area contributed by atoms with Crippen molar-refractivity contribution in [3.63, 3.8) is 0 Å². The molecule has 0 atom stereocenters. The third-order valence-electron chi connectivity index (χ3n) is 6.24. The second-order valence-electron chi connectivity index (χ2n) is 8.86. The number of aryl methyl sites for hydroxylation is 1. The fourth-order valence-electron chi connectivity index (χ4n) is 3.90. The van der Waals surface area contributed by atoms with Crippen LogP contribution < -0.4 is 15.4 Å². The third-order valence-corrected chi connectivity index (χ3v) is 6.69. The van der Waals surface area contributed by atoms with Gasteiger partial charge >= 0.3 is 0 Å². The molecule has 2 aromatic carbocycles. The lowest BCUT2D eigenvalue weighted by Gasteiger charge is -2.45. The van der Waals surface area contributed by atoms with Gasteiger partial charge in [0.15, 0.2) is 0 Å². The van der Waals surface area contributed by atoms with Gasteiger partial charge in [0, 0.05) is 49.5 Å². The van der Waals surface area contributed by atoms with Crippen molar-refractivity contribution < 1.29 is 4.74 Å². The Morgan fingerprint density at radius 3 is 2.05 bits per heavy atom. The number of hydrogen-bond donors (Lipinski definition) is 2. The molecule has 0 saturated carbocycles. The first-order valence-corrected chi connectivity index (χ1v) is 14.2. The zero-order chi connectivity index (χ0) is 28.7.